The Bertz CT molecular complexity index is 838. The highest BCUT2D eigenvalue weighted by atomic mass is 16.5. The molecular formula is C22H28N2O5. The van der Waals surface area contributed by atoms with Gasteiger partial charge in [0, 0.05) is 24.4 Å². The monoisotopic (exact) mass is 400 g/mol. The van der Waals surface area contributed by atoms with Crippen molar-refractivity contribution in [3.8, 4) is 17.2 Å². The predicted molar refractivity (Wildman–Crippen MR) is 112 cm³/mol. The first kappa shape index (κ1) is 22.1. The fourth-order valence-corrected chi connectivity index (χ4v) is 2.78. The first-order chi connectivity index (χ1) is 14.0. The van der Waals surface area contributed by atoms with Crippen LogP contribution in [0.4, 0.5) is 5.69 Å². The highest BCUT2D eigenvalue weighted by Gasteiger charge is 2.16. The number of nitrogens with one attached hydrogen (secondary N) is 1. The zero-order chi connectivity index (χ0) is 21.2. The van der Waals surface area contributed by atoms with Crippen LogP contribution >= 0.6 is 0 Å². The number of carbonyl (C=O) groups excluding carboxylic acids is 2. The SMILES string of the molecule is CCOc1ccc(NC(=O)CN(C)C(=O)Cc2ccccc2OC)cc1OCC. The molecule has 0 fully saturated rings. The number of hydrogen-bond donors (Lipinski definition) is 1. The Morgan fingerprint density at radius 1 is 0.966 bits per heavy atom. The van der Waals surface area contributed by atoms with Crippen molar-refractivity contribution in [2.24, 2.45) is 0 Å². The van der Waals surface area contributed by atoms with Gasteiger partial charge in [-0.2, -0.15) is 0 Å². The number of ether oxygens (including phenoxy) is 3. The van der Waals surface area contributed by atoms with Gasteiger partial charge in [0.05, 0.1) is 33.3 Å². The van der Waals surface area contributed by atoms with Crippen molar-refractivity contribution < 1.29 is 23.8 Å². The summed E-state index contributed by atoms with van der Waals surface area (Å²) in [6.45, 7) is 4.71. The van der Waals surface area contributed by atoms with E-state index in [1.807, 2.05) is 32.0 Å². The van der Waals surface area contributed by atoms with Crippen LogP contribution in [0.3, 0.4) is 0 Å². The lowest BCUT2D eigenvalue weighted by atomic mass is 10.1. The first-order valence-electron chi connectivity index (χ1n) is 9.53. The second-order valence-corrected chi connectivity index (χ2v) is 6.31. The molecule has 0 spiro atoms. The Balaban J connectivity index is 1.97. The van der Waals surface area contributed by atoms with Gasteiger partial charge in [0.15, 0.2) is 11.5 Å². The van der Waals surface area contributed by atoms with Gasteiger partial charge in [0.2, 0.25) is 11.8 Å². The van der Waals surface area contributed by atoms with Crippen LogP contribution in [0, 0.1) is 0 Å². The van der Waals surface area contributed by atoms with E-state index in [2.05, 4.69) is 5.32 Å². The maximum absolute atomic E-state index is 12.5. The molecule has 2 aromatic rings. The Morgan fingerprint density at radius 2 is 1.66 bits per heavy atom. The van der Waals surface area contributed by atoms with E-state index in [-0.39, 0.29) is 24.8 Å². The van der Waals surface area contributed by atoms with Crippen LogP contribution in [0.2, 0.25) is 0 Å². The molecule has 0 saturated carbocycles. The molecule has 7 nitrogen and oxygen atoms in total. The van der Waals surface area contributed by atoms with Gasteiger partial charge in [0.1, 0.15) is 5.75 Å². The molecule has 7 heteroatoms. The molecule has 0 atom stereocenters. The fourth-order valence-electron chi connectivity index (χ4n) is 2.78. The largest absolute Gasteiger partial charge is 0.496 e. The van der Waals surface area contributed by atoms with E-state index in [9.17, 15) is 9.59 Å². The molecule has 29 heavy (non-hydrogen) atoms. The van der Waals surface area contributed by atoms with Crippen LogP contribution in [-0.2, 0) is 16.0 Å². The molecule has 0 aliphatic heterocycles. The topological polar surface area (TPSA) is 77.1 Å². The standard InChI is InChI=1S/C22H28N2O5/c1-5-28-19-12-11-17(14-20(19)29-6-2)23-21(25)15-24(3)22(26)13-16-9-7-8-10-18(16)27-4/h7-12,14H,5-6,13,15H2,1-4H3,(H,23,25). The Morgan fingerprint density at radius 3 is 2.34 bits per heavy atom. The Hall–Kier alpha value is -3.22. The van der Waals surface area contributed by atoms with E-state index in [0.29, 0.717) is 36.1 Å². The van der Waals surface area contributed by atoms with E-state index in [1.165, 1.54) is 4.90 Å². The van der Waals surface area contributed by atoms with Gasteiger partial charge in [-0.1, -0.05) is 18.2 Å². The molecule has 2 rings (SSSR count). The second kappa shape index (κ2) is 10.9. The van der Waals surface area contributed by atoms with E-state index < -0.39 is 0 Å². The quantitative estimate of drug-likeness (QED) is 0.663. The number of rotatable bonds is 10. The molecule has 2 aromatic carbocycles. The van der Waals surface area contributed by atoms with E-state index in [4.69, 9.17) is 14.2 Å². The van der Waals surface area contributed by atoms with Gasteiger partial charge < -0.3 is 24.4 Å². The van der Waals surface area contributed by atoms with E-state index >= 15 is 0 Å². The van der Waals surface area contributed by atoms with Crippen molar-refractivity contribution in [1.29, 1.82) is 0 Å². The van der Waals surface area contributed by atoms with Crippen LogP contribution < -0.4 is 19.5 Å². The third-order valence-electron chi connectivity index (χ3n) is 4.17. The molecule has 0 aliphatic carbocycles. The molecule has 1 N–H and O–H groups in total. The minimum atomic E-state index is -0.299. The Labute approximate surface area is 171 Å². The number of likely N-dealkylation sites (N-methyl/N-ethyl adjacent to an activating group) is 1. The smallest absolute Gasteiger partial charge is 0.243 e. The van der Waals surface area contributed by atoms with Crippen LogP contribution in [0.25, 0.3) is 0 Å². The average Bonchev–Trinajstić information content (AvgIpc) is 2.70. The third kappa shape index (κ3) is 6.41. The van der Waals surface area contributed by atoms with Crippen molar-refractivity contribution in [3.63, 3.8) is 0 Å². The van der Waals surface area contributed by atoms with Crippen LogP contribution in [0.1, 0.15) is 19.4 Å². The zero-order valence-electron chi connectivity index (χ0n) is 17.4. The summed E-state index contributed by atoms with van der Waals surface area (Å²) in [5.74, 6) is 1.36. The molecule has 0 aliphatic rings. The van der Waals surface area contributed by atoms with Gasteiger partial charge in [0.25, 0.3) is 0 Å². The van der Waals surface area contributed by atoms with Crippen molar-refractivity contribution in [2.75, 3.05) is 39.2 Å². The molecule has 0 saturated heterocycles. The lowest BCUT2D eigenvalue weighted by Crippen LogP contribution is -2.35. The van der Waals surface area contributed by atoms with Crippen molar-refractivity contribution in [2.45, 2.75) is 20.3 Å². The van der Waals surface area contributed by atoms with Crippen LogP contribution in [0.5, 0.6) is 17.2 Å². The highest BCUT2D eigenvalue weighted by Crippen LogP contribution is 2.30. The van der Waals surface area contributed by atoms with Gasteiger partial charge in [-0.25, -0.2) is 0 Å². The number of amides is 2. The number of para-hydroxylation sites is 1. The summed E-state index contributed by atoms with van der Waals surface area (Å²) in [5, 5.41) is 2.79. The first-order valence-corrected chi connectivity index (χ1v) is 9.53. The Kier molecular flexibility index (Phi) is 8.33. The van der Waals surface area contributed by atoms with Gasteiger partial charge in [-0.05, 0) is 32.0 Å². The molecule has 0 heterocycles. The van der Waals surface area contributed by atoms with Gasteiger partial charge >= 0.3 is 0 Å². The maximum atomic E-state index is 12.5. The zero-order valence-corrected chi connectivity index (χ0v) is 17.4. The number of anilines is 1. The summed E-state index contributed by atoms with van der Waals surface area (Å²) in [7, 11) is 3.16. The van der Waals surface area contributed by atoms with Crippen LogP contribution in [0.15, 0.2) is 42.5 Å². The number of benzene rings is 2. The minimum Gasteiger partial charge on any atom is -0.496 e. The normalized spacial score (nSPS) is 10.2. The molecule has 156 valence electrons. The molecule has 0 bridgehead atoms. The van der Waals surface area contributed by atoms with Crippen molar-refractivity contribution in [1.82, 2.24) is 4.90 Å². The van der Waals surface area contributed by atoms with Crippen molar-refractivity contribution in [3.05, 3.63) is 48.0 Å². The summed E-state index contributed by atoms with van der Waals surface area (Å²) >= 11 is 0. The van der Waals surface area contributed by atoms with Crippen LogP contribution in [-0.4, -0.2) is 50.6 Å². The van der Waals surface area contributed by atoms with E-state index in [1.54, 1.807) is 38.4 Å². The number of nitrogens with zero attached hydrogens (tertiary/aromatic N) is 1. The average molecular weight is 400 g/mol. The van der Waals surface area contributed by atoms with Gasteiger partial charge in [-0.3, -0.25) is 9.59 Å². The lowest BCUT2D eigenvalue weighted by molar-refractivity contribution is -0.132. The number of carbonyl (C=O) groups is 2. The van der Waals surface area contributed by atoms with E-state index in [0.717, 1.165) is 5.56 Å². The molecule has 0 aromatic heterocycles. The fraction of sp³-hybridized carbons (Fsp3) is 0.364. The van der Waals surface area contributed by atoms with Gasteiger partial charge in [-0.15, -0.1) is 0 Å². The summed E-state index contributed by atoms with van der Waals surface area (Å²) in [6.07, 6.45) is 0.158. The molecule has 0 unspecified atom stereocenters. The minimum absolute atomic E-state index is 0.0643. The summed E-state index contributed by atoms with van der Waals surface area (Å²) in [6, 6.07) is 12.5. The maximum Gasteiger partial charge on any atom is 0.243 e. The summed E-state index contributed by atoms with van der Waals surface area (Å²) in [5.41, 5.74) is 1.35. The molecule has 2 amide bonds. The molecule has 0 radical (unpaired) electrons. The highest BCUT2D eigenvalue weighted by molar-refractivity contribution is 5.95. The second-order valence-electron chi connectivity index (χ2n) is 6.31. The predicted octanol–water partition coefficient (Wildman–Crippen LogP) is 3.13. The summed E-state index contributed by atoms with van der Waals surface area (Å²) in [4.78, 5) is 26.2. The van der Waals surface area contributed by atoms with Crippen molar-refractivity contribution >= 4 is 17.5 Å². The number of hydrogen-bond acceptors (Lipinski definition) is 5. The lowest BCUT2D eigenvalue weighted by Gasteiger charge is -2.18. The third-order valence-corrected chi connectivity index (χ3v) is 4.17. The summed E-state index contributed by atoms with van der Waals surface area (Å²) < 4.78 is 16.4. The molecular weight excluding hydrogens is 372 g/mol. The number of methoxy groups -OCH3 is 1.